The van der Waals surface area contributed by atoms with Gasteiger partial charge in [-0.1, -0.05) is 11.6 Å². The number of fused-ring (bicyclic) bond motifs is 3. The molecule has 0 saturated carbocycles. The number of rotatable bonds is 2. The summed E-state index contributed by atoms with van der Waals surface area (Å²) in [6.07, 6.45) is 2.94. The van der Waals surface area contributed by atoms with Crippen LogP contribution in [0.4, 0.5) is 8.78 Å². The summed E-state index contributed by atoms with van der Waals surface area (Å²) in [5, 5.41) is 1.26. The van der Waals surface area contributed by atoms with Gasteiger partial charge in [0.05, 0.1) is 5.52 Å². The molecule has 0 radical (unpaired) electrons. The molecule has 0 saturated heterocycles. The zero-order valence-corrected chi connectivity index (χ0v) is 15.3. The molecule has 0 amide bonds. The van der Waals surface area contributed by atoms with E-state index in [4.69, 9.17) is 0 Å². The summed E-state index contributed by atoms with van der Waals surface area (Å²) in [6.45, 7) is 5.89. The first-order chi connectivity index (χ1) is 12.4. The molecule has 1 aliphatic rings. The van der Waals surface area contributed by atoms with Gasteiger partial charge in [0.1, 0.15) is 11.6 Å². The molecule has 0 aliphatic carbocycles. The van der Waals surface area contributed by atoms with Crippen molar-refractivity contribution >= 4 is 22.7 Å². The van der Waals surface area contributed by atoms with Crippen LogP contribution >= 0.6 is 0 Å². The second kappa shape index (κ2) is 6.36. The van der Waals surface area contributed by atoms with Gasteiger partial charge >= 0.3 is 0 Å². The van der Waals surface area contributed by atoms with Crippen molar-refractivity contribution in [3.8, 4) is 0 Å². The molecule has 2 aromatic carbocycles. The highest BCUT2D eigenvalue weighted by Crippen LogP contribution is 2.33. The van der Waals surface area contributed by atoms with Gasteiger partial charge in [0, 0.05) is 48.4 Å². The van der Waals surface area contributed by atoms with Gasteiger partial charge in [0.2, 0.25) is 0 Å². The van der Waals surface area contributed by atoms with Gasteiger partial charge < -0.3 is 9.47 Å². The quantitative estimate of drug-likeness (QED) is 0.613. The van der Waals surface area contributed by atoms with Crippen LogP contribution in [0.5, 0.6) is 0 Å². The van der Waals surface area contributed by atoms with Crippen molar-refractivity contribution < 1.29 is 8.78 Å². The minimum Gasteiger partial charge on any atom is -0.320 e. The molecule has 3 aromatic rings. The maximum absolute atomic E-state index is 14.2. The molecule has 0 fully saturated rings. The maximum Gasteiger partial charge on any atom is 0.133 e. The van der Waals surface area contributed by atoms with Gasteiger partial charge in [-0.05, 0) is 56.3 Å². The number of nitrogens with zero attached hydrogens (tertiary/aromatic N) is 2. The largest absolute Gasteiger partial charge is 0.320 e. The number of aryl methyl sites for hydroxylation is 1. The third kappa shape index (κ3) is 2.84. The normalized spacial score (nSPS) is 15.5. The van der Waals surface area contributed by atoms with Crippen molar-refractivity contribution in [2.75, 3.05) is 13.6 Å². The molecule has 26 heavy (non-hydrogen) atoms. The number of hydrogen-bond donors (Lipinski definition) is 0. The Morgan fingerprint density at radius 2 is 1.92 bits per heavy atom. The van der Waals surface area contributed by atoms with E-state index in [-0.39, 0.29) is 0 Å². The minimum absolute atomic E-state index is 0.432. The predicted octanol–water partition coefficient (Wildman–Crippen LogP) is 5.23. The second-order valence-electron chi connectivity index (χ2n) is 7.24. The highest BCUT2D eigenvalue weighted by atomic mass is 19.1. The average molecular weight is 352 g/mol. The van der Waals surface area contributed by atoms with E-state index in [1.807, 2.05) is 13.1 Å². The number of hydrogen-bond acceptors (Lipinski definition) is 1. The molecule has 0 bridgehead atoms. The highest BCUT2D eigenvalue weighted by Gasteiger charge is 2.22. The number of allylic oxidation sites excluding steroid dienone is 1. The Hall–Kier alpha value is -2.46. The molecule has 1 aliphatic heterocycles. The van der Waals surface area contributed by atoms with E-state index in [9.17, 15) is 8.78 Å². The summed E-state index contributed by atoms with van der Waals surface area (Å²) < 4.78 is 29.6. The van der Waals surface area contributed by atoms with E-state index < -0.39 is 11.6 Å². The lowest BCUT2D eigenvalue weighted by molar-refractivity contribution is 0.312. The molecular weight excluding hydrogens is 330 g/mol. The van der Waals surface area contributed by atoms with Crippen LogP contribution < -0.4 is 0 Å². The topological polar surface area (TPSA) is 8.17 Å². The molecule has 0 spiro atoms. The smallest absolute Gasteiger partial charge is 0.133 e. The van der Waals surface area contributed by atoms with Crippen molar-refractivity contribution in [3.05, 3.63) is 70.4 Å². The van der Waals surface area contributed by atoms with Crippen molar-refractivity contribution in [2.45, 2.75) is 26.8 Å². The Labute approximate surface area is 152 Å². The number of likely N-dealkylation sites (N-methyl/N-ethyl adjacent to an activating group) is 1. The number of aromatic nitrogens is 1. The van der Waals surface area contributed by atoms with E-state index >= 15 is 0 Å². The minimum atomic E-state index is -0.554. The van der Waals surface area contributed by atoms with Gasteiger partial charge in [-0.15, -0.1) is 0 Å². The predicted molar refractivity (Wildman–Crippen MR) is 103 cm³/mol. The summed E-state index contributed by atoms with van der Waals surface area (Å²) in [4.78, 5) is 2.32. The van der Waals surface area contributed by atoms with Crippen LogP contribution in [-0.2, 0) is 13.0 Å². The van der Waals surface area contributed by atoms with Crippen molar-refractivity contribution in [1.29, 1.82) is 0 Å². The van der Waals surface area contributed by atoms with Crippen molar-refractivity contribution in [2.24, 2.45) is 0 Å². The standard InChI is InChI=1S/C22H22F2N2/c1-14-4-7-21-18(10-14)19-13-25(3)9-8-22(19)26(21)12-15(2)17-6-5-16(23)11-20(17)24/h4-7,10-12H,8-9,13H2,1-3H3/b15-12+. The molecule has 0 unspecified atom stereocenters. The fourth-order valence-electron chi connectivity index (χ4n) is 3.86. The van der Waals surface area contributed by atoms with E-state index in [0.717, 1.165) is 36.7 Å². The third-order valence-corrected chi connectivity index (χ3v) is 5.21. The summed E-state index contributed by atoms with van der Waals surface area (Å²) in [7, 11) is 2.14. The average Bonchev–Trinajstić information content (AvgIpc) is 2.87. The van der Waals surface area contributed by atoms with E-state index in [1.165, 1.54) is 34.3 Å². The zero-order chi connectivity index (χ0) is 18.4. The Kier molecular flexibility index (Phi) is 4.16. The van der Waals surface area contributed by atoms with Crippen molar-refractivity contribution in [1.82, 2.24) is 9.47 Å². The van der Waals surface area contributed by atoms with Gasteiger partial charge in [-0.2, -0.15) is 0 Å². The van der Waals surface area contributed by atoms with Crippen molar-refractivity contribution in [3.63, 3.8) is 0 Å². The third-order valence-electron chi connectivity index (χ3n) is 5.21. The molecule has 134 valence electrons. The van der Waals surface area contributed by atoms with Gasteiger partial charge in [0.15, 0.2) is 0 Å². The lowest BCUT2D eigenvalue weighted by Gasteiger charge is -2.23. The Morgan fingerprint density at radius 1 is 1.12 bits per heavy atom. The Bertz CT molecular complexity index is 1030. The monoisotopic (exact) mass is 352 g/mol. The number of halogens is 2. The highest BCUT2D eigenvalue weighted by molar-refractivity contribution is 5.90. The first kappa shape index (κ1) is 17.0. The SMILES string of the molecule is C/C(=C\n1c2c(c3cc(C)ccc31)CN(C)CC2)c1ccc(F)cc1F. The van der Waals surface area contributed by atoms with Gasteiger partial charge in [-0.3, -0.25) is 0 Å². The first-order valence-electron chi connectivity index (χ1n) is 8.88. The van der Waals surface area contributed by atoms with Gasteiger partial charge in [0.25, 0.3) is 0 Å². The molecule has 0 N–H and O–H groups in total. The van der Waals surface area contributed by atoms with Crippen LogP contribution in [0.1, 0.15) is 29.3 Å². The van der Waals surface area contributed by atoms with Crippen LogP contribution in [0.25, 0.3) is 22.7 Å². The van der Waals surface area contributed by atoms with E-state index in [1.54, 1.807) is 0 Å². The second-order valence-corrected chi connectivity index (χ2v) is 7.24. The molecule has 1 aromatic heterocycles. The van der Waals surface area contributed by atoms with Crippen LogP contribution in [0.3, 0.4) is 0 Å². The summed E-state index contributed by atoms with van der Waals surface area (Å²) in [5.74, 6) is -1.08. The fourth-order valence-corrected chi connectivity index (χ4v) is 3.86. The molecule has 4 rings (SSSR count). The molecule has 2 nitrogen and oxygen atoms in total. The lowest BCUT2D eigenvalue weighted by atomic mass is 10.0. The van der Waals surface area contributed by atoms with Crippen LogP contribution in [0, 0.1) is 18.6 Å². The molecule has 2 heterocycles. The van der Waals surface area contributed by atoms with Crippen LogP contribution in [-0.4, -0.2) is 23.1 Å². The summed E-state index contributed by atoms with van der Waals surface area (Å²) >= 11 is 0. The molecule has 0 atom stereocenters. The lowest BCUT2D eigenvalue weighted by Crippen LogP contribution is -2.26. The summed E-state index contributed by atoms with van der Waals surface area (Å²) in [5.41, 5.74) is 6.21. The van der Waals surface area contributed by atoms with E-state index in [0.29, 0.717) is 5.56 Å². The maximum atomic E-state index is 14.2. The van der Waals surface area contributed by atoms with Crippen LogP contribution in [0.15, 0.2) is 36.4 Å². The van der Waals surface area contributed by atoms with E-state index in [2.05, 4.69) is 41.6 Å². The fraction of sp³-hybridized carbons (Fsp3) is 0.273. The zero-order valence-electron chi connectivity index (χ0n) is 15.3. The Morgan fingerprint density at radius 3 is 2.69 bits per heavy atom. The van der Waals surface area contributed by atoms with Crippen LogP contribution in [0.2, 0.25) is 0 Å². The van der Waals surface area contributed by atoms with Gasteiger partial charge in [-0.25, -0.2) is 8.78 Å². The molecular formula is C22H22F2N2. The number of benzene rings is 2. The first-order valence-corrected chi connectivity index (χ1v) is 8.88. The molecule has 4 heteroatoms. The Balaban J connectivity index is 1.91. The summed E-state index contributed by atoms with van der Waals surface area (Å²) in [6, 6.07) is 10.2.